The van der Waals surface area contributed by atoms with E-state index in [4.69, 9.17) is 10.5 Å². The van der Waals surface area contributed by atoms with Gasteiger partial charge in [-0.05, 0) is 49.2 Å². The minimum atomic E-state index is 0.380. The van der Waals surface area contributed by atoms with Crippen molar-refractivity contribution in [3.63, 3.8) is 0 Å². The summed E-state index contributed by atoms with van der Waals surface area (Å²) in [7, 11) is 0. The normalized spacial score (nSPS) is 25.9. The quantitative estimate of drug-likeness (QED) is 0.816. The summed E-state index contributed by atoms with van der Waals surface area (Å²) in [5, 5.41) is 3.69. The smallest absolute Gasteiger partial charge is 0.127 e. The second kappa shape index (κ2) is 7.56. The van der Waals surface area contributed by atoms with Crippen molar-refractivity contribution in [1.82, 2.24) is 10.2 Å². The summed E-state index contributed by atoms with van der Waals surface area (Å²) in [6, 6.07) is 19.5. The molecule has 1 aliphatic carbocycles. The second-order valence-electron chi connectivity index (χ2n) is 7.24. The Morgan fingerprint density at radius 1 is 1.04 bits per heavy atom. The Labute approximate surface area is 150 Å². The molecule has 0 unspecified atom stereocenters. The van der Waals surface area contributed by atoms with E-state index in [0.717, 1.165) is 44.1 Å². The fourth-order valence-corrected chi connectivity index (χ4v) is 3.67. The van der Waals surface area contributed by atoms with E-state index >= 15 is 0 Å². The summed E-state index contributed by atoms with van der Waals surface area (Å²) in [6.07, 6.45) is 2.38. The van der Waals surface area contributed by atoms with Crippen molar-refractivity contribution in [3.05, 3.63) is 60.2 Å². The van der Waals surface area contributed by atoms with Gasteiger partial charge in [0.15, 0.2) is 0 Å². The summed E-state index contributed by atoms with van der Waals surface area (Å²) in [5.74, 6) is 2.42. The fraction of sp³-hybridized carbons (Fsp3) is 0.429. The molecule has 1 heterocycles. The van der Waals surface area contributed by atoms with Crippen LogP contribution in [-0.4, -0.2) is 43.2 Å². The molecule has 0 aromatic heterocycles. The van der Waals surface area contributed by atoms with Gasteiger partial charge in [-0.15, -0.1) is 0 Å². The Morgan fingerprint density at radius 2 is 1.80 bits per heavy atom. The van der Waals surface area contributed by atoms with Gasteiger partial charge in [-0.2, -0.15) is 0 Å². The van der Waals surface area contributed by atoms with Crippen molar-refractivity contribution in [2.24, 2.45) is 5.73 Å². The summed E-state index contributed by atoms with van der Waals surface area (Å²) in [4.78, 5) is 2.46. The highest BCUT2D eigenvalue weighted by atomic mass is 16.5. The predicted molar refractivity (Wildman–Crippen MR) is 101 cm³/mol. The number of nitrogens with zero attached hydrogens (tertiary/aromatic N) is 1. The molecule has 1 saturated carbocycles. The molecule has 2 aliphatic rings. The number of benzene rings is 2. The van der Waals surface area contributed by atoms with E-state index in [0.29, 0.717) is 18.0 Å². The maximum absolute atomic E-state index is 5.96. The summed E-state index contributed by atoms with van der Waals surface area (Å²) < 4.78 is 5.86. The molecule has 1 saturated heterocycles. The summed E-state index contributed by atoms with van der Waals surface area (Å²) >= 11 is 0. The molecule has 0 bridgehead atoms. The molecule has 4 heteroatoms. The topological polar surface area (TPSA) is 50.5 Å². The standard InChI is InChI=1S/C21H27N3O/c22-17-10-12-24(15-17)13-11-23-21-14-20(21)16-6-8-19(9-7-16)25-18-4-2-1-3-5-18/h1-9,17,20-21,23H,10-15,22H2/t17-,20+,21-/m1/s1. The number of para-hydroxylation sites is 1. The van der Waals surface area contributed by atoms with E-state index in [9.17, 15) is 0 Å². The third-order valence-electron chi connectivity index (χ3n) is 5.22. The zero-order chi connectivity index (χ0) is 17.1. The van der Waals surface area contributed by atoms with Crippen molar-refractivity contribution in [2.75, 3.05) is 26.2 Å². The summed E-state index contributed by atoms with van der Waals surface area (Å²) in [6.45, 7) is 4.38. The van der Waals surface area contributed by atoms with Crippen molar-refractivity contribution >= 4 is 0 Å². The van der Waals surface area contributed by atoms with Crippen LogP contribution in [0.4, 0.5) is 0 Å². The molecule has 2 aromatic rings. The van der Waals surface area contributed by atoms with Crippen molar-refractivity contribution in [1.29, 1.82) is 0 Å². The van der Waals surface area contributed by atoms with E-state index in [1.165, 1.54) is 12.0 Å². The number of hydrogen-bond acceptors (Lipinski definition) is 4. The Balaban J connectivity index is 1.22. The molecule has 25 heavy (non-hydrogen) atoms. The maximum atomic E-state index is 5.96. The molecule has 0 amide bonds. The van der Waals surface area contributed by atoms with Crippen LogP contribution in [0.15, 0.2) is 54.6 Å². The van der Waals surface area contributed by atoms with Crippen LogP contribution in [0.25, 0.3) is 0 Å². The Hall–Kier alpha value is -1.88. The number of likely N-dealkylation sites (tertiary alicyclic amines) is 1. The van der Waals surface area contributed by atoms with Gasteiger partial charge in [0.25, 0.3) is 0 Å². The Bertz CT molecular complexity index is 673. The first-order chi connectivity index (χ1) is 12.3. The van der Waals surface area contributed by atoms with Crippen LogP contribution in [-0.2, 0) is 0 Å². The minimum Gasteiger partial charge on any atom is -0.457 e. The largest absolute Gasteiger partial charge is 0.457 e. The number of rotatable bonds is 7. The third-order valence-corrected chi connectivity index (χ3v) is 5.22. The van der Waals surface area contributed by atoms with Gasteiger partial charge in [0, 0.05) is 37.6 Å². The number of hydrogen-bond donors (Lipinski definition) is 2. The zero-order valence-electron chi connectivity index (χ0n) is 14.6. The molecular weight excluding hydrogens is 310 g/mol. The highest BCUT2D eigenvalue weighted by Gasteiger charge is 2.37. The lowest BCUT2D eigenvalue weighted by molar-refractivity contribution is 0.331. The van der Waals surface area contributed by atoms with E-state index in [-0.39, 0.29) is 0 Å². The highest BCUT2D eigenvalue weighted by molar-refractivity contribution is 5.36. The number of nitrogens with two attached hydrogens (primary N) is 1. The van der Waals surface area contributed by atoms with Gasteiger partial charge < -0.3 is 20.7 Å². The van der Waals surface area contributed by atoms with Crippen LogP contribution in [0.1, 0.15) is 24.3 Å². The molecular formula is C21H27N3O. The Morgan fingerprint density at radius 3 is 2.52 bits per heavy atom. The van der Waals surface area contributed by atoms with Gasteiger partial charge >= 0.3 is 0 Å². The molecule has 132 valence electrons. The van der Waals surface area contributed by atoms with Crippen molar-refractivity contribution in [3.8, 4) is 11.5 Å². The highest BCUT2D eigenvalue weighted by Crippen LogP contribution is 2.41. The van der Waals surface area contributed by atoms with Gasteiger partial charge in [-0.1, -0.05) is 30.3 Å². The van der Waals surface area contributed by atoms with Crippen LogP contribution in [0.3, 0.4) is 0 Å². The first kappa shape index (κ1) is 16.6. The molecule has 0 spiro atoms. The Kier molecular flexibility index (Phi) is 5.02. The average molecular weight is 337 g/mol. The van der Waals surface area contributed by atoms with Gasteiger partial charge in [0.1, 0.15) is 11.5 Å². The SMILES string of the molecule is N[C@@H]1CCN(CCN[C@@H]2C[C@H]2c2ccc(Oc3ccccc3)cc2)C1. The van der Waals surface area contributed by atoms with Crippen molar-refractivity contribution < 1.29 is 4.74 Å². The van der Waals surface area contributed by atoms with Crippen LogP contribution < -0.4 is 15.8 Å². The molecule has 3 N–H and O–H groups in total. The zero-order valence-corrected chi connectivity index (χ0v) is 14.6. The van der Waals surface area contributed by atoms with Gasteiger partial charge in [0.05, 0.1) is 0 Å². The molecule has 2 fully saturated rings. The molecule has 3 atom stereocenters. The van der Waals surface area contributed by atoms with Crippen LogP contribution in [0.5, 0.6) is 11.5 Å². The molecule has 4 rings (SSSR count). The molecule has 0 radical (unpaired) electrons. The number of nitrogens with one attached hydrogen (secondary N) is 1. The monoisotopic (exact) mass is 337 g/mol. The lowest BCUT2D eigenvalue weighted by Gasteiger charge is -2.15. The minimum absolute atomic E-state index is 0.380. The number of ether oxygens (including phenoxy) is 1. The lowest BCUT2D eigenvalue weighted by Crippen LogP contribution is -2.33. The predicted octanol–water partition coefficient (Wildman–Crippen LogP) is 2.96. The van der Waals surface area contributed by atoms with Crippen LogP contribution in [0, 0.1) is 0 Å². The van der Waals surface area contributed by atoms with E-state index < -0.39 is 0 Å². The third kappa shape index (κ3) is 4.40. The first-order valence-electron chi connectivity index (χ1n) is 9.32. The summed E-state index contributed by atoms with van der Waals surface area (Å²) in [5.41, 5.74) is 7.36. The average Bonchev–Trinajstić information content (AvgIpc) is 3.29. The fourth-order valence-electron chi connectivity index (χ4n) is 3.67. The lowest BCUT2D eigenvalue weighted by atomic mass is 10.1. The first-order valence-corrected chi connectivity index (χ1v) is 9.32. The maximum Gasteiger partial charge on any atom is 0.127 e. The van der Waals surface area contributed by atoms with Crippen LogP contribution in [0.2, 0.25) is 0 Å². The van der Waals surface area contributed by atoms with Gasteiger partial charge in [0.2, 0.25) is 0 Å². The molecule has 1 aliphatic heterocycles. The van der Waals surface area contributed by atoms with Gasteiger partial charge in [-0.25, -0.2) is 0 Å². The van der Waals surface area contributed by atoms with E-state index in [1.807, 2.05) is 30.3 Å². The van der Waals surface area contributed by atoms with Crippen molar-refractivity contribution in [2.45, 2.75) is 30.8 Å². The van der Waals surface area contributed by atoms with E-state index in [1.54, 1.807) is 0 Å². The van der Waals surface area contributed by atoms with Crippen LogP contribution >= 0.6 is 0 Å². The second-order valence-corrected chi connectivity index (χ2v) is 7.24. The van der Waals surface area contributed by atoms with Gasteiger partial charge in [-0.3, -0.25) is 0 Å². The van der Waals surface area contributed by atoms with E-state index in [2.05, 4.69) is 34.5 Å². The molecule has 2 aromatic carbocycles. The molecule has 4 nitrogen and oxygen atoms in total.